The minimum atomic E-state index is -2.87. The van der Waals surface area contributed by atoms with E-state index >= 15 is 0 Å². The van der Waals surface area contributed by atoms with E-state index in [2.05, 4.69) is 38.1 Å². The Bertz CT molecular complexity index is 496. The van der Waals surface area contributed by atoms with Crippen LogP contribution in [-0.2, 0) is 0 Å². The fourth-order valence-corrected chi connectivity index (χ4v) is 3.10. The molecule has 1 aromatic carbocycles. The molecule has 0 saturated carbocycles. The number of hydrogen-bond donors (Lipinski definition) is 1. The Kier molecular flexibility index (Phi) is 5.66. The van der Waals surface area contributed by atoms with Gasteiger partial charge in [0.2, 0.25) is 0 Å². The molecule has 1 aromatic rings. The van der Waals surface area contributed by atoms with Gasteiger partial charge in [-0.05, 0) is 53.2 Å². The topological polar surface area (TPSA) is 21.3 Å². The first kappa shape index (κ1) is 15.6. The number of hydrogen-bond acceptors (Lipinski definition) is 2. The van der Waals surface area contributed by atoms with E-state index in [-0.39, 0.29) is 5.75 Å². The van der Waals surface area contributed by atoms with Crippen molar-refractivity contribution >= 4 is 33.2 Å². The lowest BCUT2D eigenvalue weighted by molar-refractivity contribution is -0.0498. The molecule has 0 bridgehead atoms. The zero-order valence-corrected chi connectivity index (χ0v) is 13.1. The Balaban J connectivity index is 2.10. The van der Waals surface area contributed by atoms with Gasteiger partial charge in [0.05, 0.1) is 10.2 Å². The second-order valence-corrected chi connectivity index (χ2v) is 5.96. The lowest BCUT2D eigenvalue weighted by Gasteiger charge is -2.20. The molecule has 0 fully saturated rings. The molecule has 2 nitrogen and oxygen atoms in total. The van der Waals surface area contributed by atoms with Crippen LogP contribution in [0.5, 0.6) is 5.75 Å². The molecule has 20 heavy (non-hydrogen) atoms. The van der Waals surface area contributed by atoms with E-state index in [0.29, 0.717) is 27.6 Å². The molecule has 0 amide bonds. The number of nitrogens with one attached hydrogen (secondary N) is 1. The van der Waals surface area contributed by atoms with Crippen LogP contribution < -0.4 is 10.1 Å². The normalized spacial score (nSPS) is 18.4. The summed E-state index contributed by atoms with van der Waals surface area (Å²) in [6.07, 6.45) is 7.47. The van der Waals surface area contributed by atoms with Crippen LogP contribution in [0.15, 0.2) is 28.8 Å². The van der Waals surface area contributed by atoms with E-state index in [4.69, 9.17) is 11.6 Å². The molecule has 0 spiro atoms. The summed E-state index contributed by atoms with van der Waals surface area (Å²) in [6, 6.07) is 3.14. The molecule has 1 atom stereocenters. The molecule has 0 aromatic heterocycles. The second-order valence-electron chi connectivity index (χ2n) is 4.67. The highest BCUT2D eigenvalue weighted by atomic mass is 79.9. The Labute approximate surface area is 130 Å². The molecule has 0 heterocycles. The summed E-state index contributed by atoms with van der Waals surface area (Å²) < 4.78 is 29.9. The predicted octanol–water partition coefficient (Wildman–Crippen LogP) is 5.47. The molecule has 1 aliphatic carbocycles. The molecular weight excluding hydrogens is 352 g/mol. The van der Waals surface area contributed by atoms with Crippen molar-refractivity contribution in [2.24, 2.45) is 5.92 Å². The first-order valence-electron chi connectivity index (χ1n) is 6.39. The van der Waals surface area contributed by atoms with Crippen LogP contribution in [0, 0.1) is 5.92 Å². The highest BCUT2D eigenvalue weighted by Gasteiger charge is 2.16. The molecule has 110 valence electrons. The third kappa shape index (κ3) is 4.35. The first-order valence-corrected chi connectivity index (χ1v) is 7.56. The highest BCUT2D eigenvalue weighted by Crippen LogP contribution is 2.38. The lowest BCUT2D eigenvalue weighted by atomic mass is 9.94. The number of halogens is 4. The maximum Gasteiger partial charge on any atom is 0.387 e. The third-order valence-electron chi connectivity index (χ3n) is 3.17. The van der Waals surface area contributed by atoms with Crippen LogP contribution in [0.1, 0.15) is 19.3 Å². The maximum absolute atomic E-state index is 12.5. The van der Waals surface area contributed by atoms with E-state index in [1.54, 1.807) is 6.07 Å². The smallest absolute Gasteiger partial charge is 0.387 e. The summed E-state index contributed by atoms with van der Waals surface area (Å²) in [5, 5.41) is 3.63. The summed E-state index contributed by atoms with van der Waals surface area (Å²) in [5.74, 6) is 0.591. The largest absolute Gasteiger partial charge is 0.431 e. The molecular formula is C14H15BrClF2NO. The number of anilines is 1. The Hall–Kier alpha value is -0.810. The van der Waals surface area contributed by atoms with E-state index in [1.165, 1.54) is 6.07 Å². The zero-order valence-electron chi connectivity index (χ0n) is 10.7. The van der Waals surface area contributed by atoms with E-state index in [9.17, 15) is 8.78 Å². The van der Waals surface area contributed by atoms with Crippen LogP contribution in [0.25, 0.3) is 0 Å². The molecule has 0 saturated heterocycles. The number of rotatable bonds is 5. The summed E-state index contributed by atoms with van der Waals surface area (Å²) >= 11 is 9.15. The van der Waals surface area contributed by atoms with Gasteiger partial charge in [-0.25, -0.2) is 0 Å². The molecule has 0 aliphatic heterocycles. The zero-order chi connectivity index (χ0) is 14.5. The van der Waals surface area contributed by atoms with Crippen molar-refractivity contribution < 1.29 is 13.5 Å². The van der Waals surface area contributed by atoms with Gasteiger partial charge >= 0.3 is 6.61 Å². The van der Waals surface area contributed by atoms with E-state index < -0.39 is 6.61 Å². The molecule has 1 aliphatic rings. The van der Waals surface area contributed by atoms with Crippen molar-refractivity contribution in [3.05, 3.63) is 33.8 Å². The molecule has 2 rings (SSSR count). The summed E-state index contributed by atoms with van der Waals surface area (Å²) in [6.45, 7) is -2.16. The average Bonchev–Trinajstić information content (AvgIpc) is 2.40. The van der Waals surface area contributed by atoms with Gasteiger partial charge < -0.3 is 10.1 Å². The van der Waals surface area contributed by atoms with Crippen LogP contribution in [0.2, 0.25) is 5.02 Å². The Morgan fingerprint density at radius 2 is 2.20 bits per heavy atom. The maximum atomic E-state index is 12.5. The fraction of sp³-hybridized carbons (Fsp3) is 0.429. The van der Waals surface area contributed by atoms with Gasteiger partial charge in [0.25, 0.3) is 0 Å². The van der Waals surface area contributed by atoms with Crippen molar-refractivity contribution in [2.45, 2.75) is 25.9 Å². The van der Waals surface area contributed by atoms with Crippen LogP contribution in [-0.4, -0.2) is 13.2 Å². The second kappa shape index (κ2) is 7.27. The van der Waals surface area contributed by atoms with Crippen molar-refractivity contribution in [3.8, 4) is 5.75 Å². The summed E-state index contributed by atoms with van der Waals surface area (Å²) in [7, 11) is 0. The highest BCUT2D eigenvalue weighted by molar-refractivity contribution is 9.10. The Morgan fingerprint density at radius 1 is 1.40 bits per heavy atom. The first-order chi connectivity index (χ1) is 9.56. The van der Waals surface area contributed by atoms with Crippen molar-refractivity contribution in [3.63, 3.8) is 0 Å². The molecule has 6 heteroatoms. The van der Waals surface area contributed by atoms with Gasteiger partial charge in [0.1, 0.15) is 0 Å². The quantitative estimate of drug-likeness (QED) is 0.697. The molecule has 1 N–H and O–H groups in total. The number of alkyl halides is 2. The van der Waals surface area contributed by atoms with Crippen LogP contribution in [0.3, 0.4) is 0 Å². The summed E-state index contributed by atoms with van der Waals surface area (Å²) in [4.78, 5) is 0. The van der Waals surface area contributed by atoms with E-state index in [0.717, 1.165) is 19.3 Å². The van der Waals surface area contributed by atoms with Gasteiger partial charge in [-0.15, -0.1) is 0 Å². The van der Waals surface area contributed by atoms with Crippen molar-refractivity contribution in [2.75, 3.05) is 11.9 Å². The van der Waals surface area contributed by atoms with Gasteiger partial charge in [0.15, 0.2) is 5.75 Å². The van der Waals surface area contributed by atoms with Gasteiger partial charge in [-0.3, -0.25) is 0 Å². The predicted molar refractivity (Wildman–Crippen MR) is 80.8 cm³/mol. The Morgan fingerprint density at radius 3 is 2.85 bits per heavy atom. The van der Waals surface area contributed by atoms with Crippen molar-refractivity contribution in [1.82, 2.24) is 0 Å². The average molecular weight is 367 g/mol. The number of benzene rings is 1. The third-order valence-corrected chi connectivity index (χ3v) is 3.98. The molecule has 0 radical (unpaired) electrons. The number of allylic oxidation sites excluding steroid dienone is 2. The lowest BCUT2D eigenvalue weighted by Crippen LogP contribution is -2.16. The standard InChI is InChI=1S/C14H15BrClF2NO/c15-11-6-10(16)7-12(13(11)20-14(17)18)19-8-9-4-2-1-3-5-9/h1-2,6-7,9,14,19H,3-5,8H2. The van der Waals surface area contributed by atoms with Crippen molar-refractivity contribution in [1.29, 1.82) is 0 Å². The SMILES string of the molecule is FC(F)Oc1c(Br)cc(Cl)cc1NCC1CC=CCC1. The monoisotopic (exact) mass is 365 g/mol. The summed E-state index contributed by atoms with van der Waals surface area (Å²) in [5.41, 5.74) is 0.485. The van der Waals surface area contributed by atoms with E-state index in [1.807, 2.05) is 0 Å². The van der Waals surface area contributed by atoms with Gasteiger partial charge in [0, 0.05) is 11.6 Å². The minimum absolute atomic E-state index is 0.0933. The van der Waals surface area contributed by atoms with Crippen LogP contribution in [0.4, 0.5) is 14.5 Å². The van der Waals surface area contributed by atoms with Gasteiger partial charge in [-0.1, -0.05) is 23.8 Å². The number of ether oxygens (including phenoxy) is 1. The van der Waals surface area contributed by atoms with Crippen LogP contribution >= 0.6 is 27.5 Å². The van der Waals surface area contributed by atoms with Gasteiger partial charge in [-0.2, -0.15) is 8.78 Å². The molecule has 1 unspecified atom stereocenters. The minimum Gasteiger partial charge on any atom is -0.431 e. The fourth-order valence-electron chi connectivity index (χ4n) is 2.20.